The molecule has 6 heteroatoms. The summed E-state index contributed by atoms with van der Waals surface area (Å²) in [6.07, 6.45) is 1.70. The third kappa shape index (κ3) is 5.28. The summed E-state index contributed by atoms with van der Waals surface area (Å²) < 4.78 is 0. The van der Waals surface area contributed by atoms with E-state index in [2.05, 4.69) is 5.32 Å². The third-order valence-electron chi connectivity index (χ3n) is 2.55. The van der Waals surface area contributed by atoms with E-state index < -0.39 is 5.97 Å². The Morgan fingerprint density at radius 1 is 1.47 bits per heavy atom. The summed E-state index contributed by atoms with van der Waals surface area (Å²) in [6.45, 7) is 1.87. The Kier molecular flexibility index (Phi) is 5.79. The first-order valence-electron chi connectivity index (χ1n) is 5.98. The first-order valence-corrected chi connectivity index (χ1v) is 6.36. The summed E-state index contributed by atoms with van der Waals surface area (Å²) in [6, 6.07) is 4.31. The van der Waals surface area contributed by atoms with Gasteiger partial charge in [0.1, 0.15) is 0 Å². The van der Waals surface area contributed by atoms with E-state index in [4.69, 9.17) is 22.4 Å². The van der Waals surface area contributed by atoms with Gasteiger partial charge in [-0.15, -0.1) is 0 Å². The molecule has 1 amide bonds. The van der Waals surface area contributed by atoms with Crippen molar-refractivity contribution in [2.45, 2.75) is 32.2 Å². The Morgan fingerprint density at radius 2 is 2.16 bits per heavy atom. The van der Waals surface area contributed by atoms with Crippen molar-refractivity contribution in [2.24, 2.45) is 5.73 Å². The molecule has 104 valence electrons. The molecule has 0 aliphatic heterocycles. The Balaban J connectivity index is 2.67. The van der Waals surface area contributed by atoms with Gasteiger partial charge in [0, 0.05) is 17.5 Å². The molecule has 0 aliphatic carbocycles. The standard InChI is InChI=1S/C13H17ClN2O3/c1-8(15)3-2-4-12(17)16-11-7-9(14)5-6-10(11)13(18)19/h5-8H,2-4,15H2,1H3,(H,16,17)(H,18,19). The zero-order valence-corrected chi connectivity index (χ0v) is 11.4. The van der Waals surface area contributed by atoms with Gasteiger partial charge in [0.2, 0.25) is 5.91 Å². The molecule has 1 rings (SSSR count). The summed E-state index contributed by atoms with van der Waals surface area (Å²) in [5, 5.41) is 11.9. The van der Waals surface area contributed by atoms with Gasteiger partial charge in [-0.3, -0.25) is 4.79 Å². The molecular weight excluding hydrogens is 268 g/mol. The fourth-order valence-electron chi connectivity index (χ4n) is 1.60. The van der Waals surface area contributed by atoms with Gasteiger partial charge in [-0.25, -0.2) is 4.79 Å². The number of aromatic carboxylic acids is 1. The van der Waals surface area contributed by atoms with Crippen LogP contribution in [0, 0.1) is 0 Å². The number of hydrogen-bond donors (Lipinski definition) is 3. The lowest BCUT2D eigenvalue weighted by Gasteiger charge is -2.09. The number of halogens is 1. The normalized spacial score (nSPS) is 11.9. The highest BCUT2D eigenvalue weighted by Crippen LogP contribution is 2.21. The van der Waals surface area contributed by atoms with Gasteiger partial charge in [-0.1, -0.05) is 11.6 Å². The van der Waals surface area contributed by atoms with Crippen LogP contribution in [-0.2, 0) is 4.79 Å². The van der Waals surface area contributed by atoms with E-state index in [9.17, 15) is 9.59 Å². The van der Waals surface area contributed by atoms with Crippen molar-refractivity contribution in [1.29, 1.82) is 0 Å². The van der Waals surface area contributed by atoms with E-state index in [0.717, 1.165) is 6.42 Å². The van der Waals surface area contributed by atoms with Gasteiger partial charge in [0.25, 0.3) is 0 Å². The number of nitrogens with one attached hydrogen (secondary N) is 1. The number of carbonyl (C=O) groups excluding carboxylic acids is 1. The Hall–Kier alpha value is -1.59. The topological polar surface area (TPSA) is 92.4 Å². The first kappa shape index (κ1) is 15.5. The fourth-order valence-corrected chi connectivity index (χ4v) is 1.78. The van der Waals surface area contributed by atoms with Crippen LogP contribution >= 0.6 is 11.6 Å². The van der Waals surface area contributed by atoms with Crippen molar-refractivity contribution in [1.82, 2.24) is 0 Å². The molecule has 0 aliphatic rings. The molecule has 0 bridgehead atoms. The smallest absolute Gasteiger partial charge is 0.337 e. The number of hydrogen-bond acceptors (Lipinski definition) is 3. The van der Waals surface area contributed by atoms with Crippen LogP contribution in [0.5, 0.6) is 0 Å². The Bertz CT molecular complexity index is 475. The Labute approximate surface area is 116 Å². The summed E-state index contributed by atoms with van der Waals surface area (Å²) in [5.74, 6) is -1.35. The minimum Gasteiger partial charge on any atom is -0.478 e. The van der Waals surface area contributed by atoms with Crippen LogP contribution in [0.2, 0.25) is 5.02 Å². The van der Waals surface area contributed by atoms with Crippen LogP contribution < -0.4 is 11.1 Å². The molecule has 1 atom stereocenters. The number of benzene rings is 1. The van der Waals surface area contributed by atoms with Crippen molar-refractivity contribution >= 4 is 29.2 Å². The zero-order valence-electron chi connectivity index (χ0n) is 10.6. The van der Waals surface area contributed by atoms with Crippen molar-refractivity contribution in [3.8, 4) is 0 Å². The quantitative estimate of drug-likeness (QED) is 0.748. The van der Waals surface area contributed by atoms with E-state index in [1.807, 2.05) is 6.92 Å². The first-order chi connectivity index (χ1) is 8.90. The number of anilines is 1. The van der Waals surface area contributed by atoms with Crippen molar-refractivity contribution in [3.63, 3.8) is 0 Å². The number of nitrogens with two attached hydrogens (primary N) is 1. The zero-order chi connectivity index (χ0) is 14.4. The monoisotopic (exact) mass is 284 g/mol. The number of rotatable bonds is 6. The van der Waals surface area contributed by atoms with Crippen LogP contribution in [0.1, 0.15) is 36.5 Å². The molecule has 0 saturated heterocycles. The molecule has 1 unspecified atom stereocenters. The third-order valence-corrected chi connectivity index (χ3v) is 2.78. The van der Waals surface area contributed by atoms with Crippen LogP contribution in [-0.4, -0.2) is 23.0 Å². The van der Waals surface area contributed by atoms with Crippen molar-refractivity contribution in [2.75, 3.05) is 5.32 Å². The van der Waals surface area contributed by atoms with Crippen molar-refractivity contribution < 1.29 is 14.7 Å². The number of carboxylic acid groups (broad SMARTS) is 1. The van der Waals surface area contributed by atoms with Gasteiger partial charge in [-0.2, -0.15) is 0 Å². The minimum absolute atomic E-state index is 0.0185. The predicted octanol–water partition coefficient (Wildman–Crippen LogP) is 2.49. The highest BCUT2D eigenvalue weighted by molar-refractivity contribution is 6.31. The highest BCUT2D eigenvalue weighted by Gasteiger charge is 2.13. The molecule has 0 saturated carbocycles. The molecule has 4 N–H and O–H groups in total. The van der Waals surface area contributed by atoms with Gasteiger partial charge in [0.15, 0.2) is 0 Å². The van der Waals surface area contributed by atoms with Crippen LogP contribution in [0.4, 0.5) is 5.69 Å². The second-order valence-corrected chi connectivity index (χ2v) is 4.85. The molecule has 0 aromatic heterocycles. The molecular formula is C13H17ClN2O3. The lowest BCUT2D eigenvalue weighted by Crippen LogP contribution is -2.17. The lowest BCUT2D eigenvalue weighted by atomic mass is 10.1. The molecule has 0 radical (unpaired) electrons. The molecule has 0 fully saturated rings. The van der Waals surface area contributed by atoms with Crippen LogP contribution in [0.15, 0.2) is 18.2 Å². The molecule has 19 heavy (non-hydrogen) atoms. The van der Waals surface area contributed by atoms with E-state index in [0.29, 0.717) is 17.9 Å². The summed E-state index contributed by atoms with van der Waals surface area (Å²) in [5.41, 5.74) is 5.82. The fraction of sp³-hybridized carbons (Fsp3) is 0.385. The van der Waals surface area contributed by atoms with Gasteiger partial charge in [0.05, 0.1) is 11.3 Å². The van der Waals surface area contributed by atoms with Gasteiger partial charge >= 0.3 is 5.97 Å². The predicted molar refractivity (Wildman–Crippen MR) is 74.5 cm³/mol. The maximum atomic E-state index is 11.7. The van der Waals surface area contributed by atoms with E-state index >= 15 is 0 Å². The van der Waals surface area contributed by atoms with Gasteiger partial charge in [-0.05, 0) is 38.0 Å². The number of carbonyl (C=O) groups is 2. The summed E-state index contributed by atoms with van der Waals surface area (Å²) >= 11 is 5.79. The highest BCUT2D eigenvalue weighted by atomic mass is 35.5. The van der Waals surface area contributed by atoms with Gasteiger partial charge < -0.3 is 16.2 Å². The van der Waals surface area contributed by atoms with E-state index in [-0.39, 0.29) is 23.2 Å². The van der Waals surface area contributed by atoms with Crippen molar-refractivity contribution in [3.05, 3.63) is 28.8 Å². The Morgan fingerprint density at radius 3 is 2.74 bits per heavy atom. The average Bonchev–Trinajstić information content (AvgIpc) is 2.27. The molecule has 0 heterocycles. The maximum Gasteiger partial charge on any atom is 0.337 e. The summed E-state index contributed by atoms with van der Waals surface area (Å²) in [7, 11) is 0. The summed E-state index contributed by atoms with van der Waals surface area (Å²) in [4.78, 5) is 22.7. The molecule has 1 aromatic rings. The molecule has 0 spiro atoms. The van der Waals surface area contributed by atoms with Crippen LogP contribution in [0.25, 0.3) is 0 Å². The largest absolute Gasteiger partial charge is 0.478 e. The van der Waals surface area contributed by atoms with E-state index in [1.54, 1.807) is 0 Å². The SMILES string of the molecule is CC(N)CCCC(=O)Nc1cc(Cl)ccc1C(=O)O. The van der Waals surface area contributed by atoms with E-state index in [1.165, 1.54) is 18.2 Å². The number of carboxylic acids is 1. The maximum absolute atomic E-state index is 11.7. The minimum atomic E-state index is -1.11. The molecule has 5 nitrogen and oxygen atoms in total. The second-order valence-electron chi connectivity index (χ2n) is 4.41. The van der Waals surface area contributed by atoms with Crippen LogP contribution in [0.3, 0.4) is 0 Å². The average molecular weight is 285 g/mol. The lowest BCUT2D eigenvalue weighted by molar-refractivity contribution is -0.116. The number of amides is 1. The second kappa shape index (κ2) is 7.11. The molecule has 1 aromatic carbocycles.